The molecule has 1 aromatic carbocycles. The Kier molecular flexibility index (Phi) is 5.66. The molecular weight excluding hydrogens is 268 g/mol. The molecule has 0 amide bonds. The highest BCUT2D eigenvalue weighted by Gasteiger charge is 2.02. The summed E-state index contributed by atoms with van der Waals surface area (Å²) in [5.74, 6) is 5.33. The van der Waals surface area contributed by atoms with Crippen LogP contribution in [-0.2, 0) is 11.2 Å². The maximum atomic E-state index is 10.5. The van der Waals surface area contributed by atoms with Crippen molar-refractivity contribution in [2.24, 2.45) is 0 Å². The quantitative estimate of drug-likeness (QED) is 0.680. The zero-order valence-corrected chi connectivity index (χ0v) is 10.5. The van der Waals surface area contributed by atoms with Crippen molar-refractivity contribution in [2.45, 2.75) is 19.3 Å². The van der Waals surface area contributed by atoms with Gasteiger partial charge < -0.3 is 5.11 Å². The number of rotatable bonds is 4. The molecule has 3 heteroatoms. The van der Waals surface area contributed by atoms with Gasteiger partial charge in [0.25, 0.3) is 0 Å². The highest BCUT2D eigenvalue weighted by Crippen LogP contribution is 2.10. The van der Waals surface area contributed by atoms with Crippen molar-refractivity contribution in [2.75, 3.05) is 5.33 Å². The van der Waals surface area contributed by atoms with Crippen LogP contribution in [0.2, 0.25) is 0 Å². The number of alkyl halides is 1. The van der Waals surface area contributed by atoms with Crippen molar-refractivity contribution in [3.05, 3.63) is 35.4 Å². The minimum Gasteiger partial charge on any atom is -0.481 e. The average Bonchev–Trinajstić information content (AvgIpc) is 2.28. The molecule has 1 aromatic rings. The first-order valence-corrected chi connectivity index (χ1v) is 6.20. The molecule has 0 aliphatic carbocycles. The van der Waals surface area contributed by atoms with E-state index in [1.165, 1.54) is 0 Å². The average molecular weight is 281 g/mol. The molecule has 0 saturated heterocycles. The standard InChI is InChI=1S/C13H13BrO2/c14-10-4-3-7-11-5-1-2-6-12(11)8-9-13(15)16/h1-2,5-6H,4,8-10H2,(H,15,16). The number of aliphatic carboxylic acids is 1. The van der Waals surface area contributed by atoms with Crippen LogP contribution in [0.3, 0.4) is 0 Å². The van der Waals surface area contributed by atoms with E-state index in [-0.39, 0.29) is 6.42 Å². The van der Waals surface area contributed by atoms with E-state index in [4.69, 9.17) is 5.11 Å². The summed E-state index contributed by atoms with van der Waals surface area (Å²) in [6, 6.07) is 7.69. The third kappa shape index (κ3) is 4.50. The second kappa shape index (κ2) is 7.08. The minimum absolute atomic E-state index is 0.150. The number of carboxylic acid groups (broad SMARTS) is 1. The monoisotopic (exact) mass is 280 g/mol. The van der Waals surface area contributed by atoms with E-state index in [1.54, 1.807) is 0 Å². The van der Waals surface area contributed by atoms with Crippen LogP contribution in [0, 0.1) is 11.8 Å². The Balaban J connectivity index is 2.76. The van der Waals surface area contributed by atoms with Crippen molar-refractivity contribution in [1.82, 2.24) is 0 Å². The molecule has 0 bridgehead atoms. The van der Waals surface area contributed by atoms with Crippen LogP contribution >= 0.6 is 15.9 Å². The third-order valence-electron chi connectivity index (χ3n) is 2.07. The Labute approximate surface area is 104 Å². The Morgan fingerprint density at radius 2 is 2.12 bits per heavy atom. The van der Waals surface area contributed by atoms with Gasteiger partial charge in [0.2, 0.25) is 0 Å². The summed E-state index contributed by atoms with van der Waals surface area (Å²) in [4.78, 5) is 10.5. The molecule has 0 heterocycles. The van der Waals surface area contributed by atoms with Gasteiger partial charge >= 0.3 is 5.97 Å². The van der Waals surface area contributed by atoms with Gasteiger partial charge in [-0.3, -0.25) is 4.79 Å². The maximum absolute atomic E-state index is 10.5. The van der Waals surface area contributed by atoms with Crippen molar-refractivity contribution in [3.63, 3.8) is 0 Å². The normalized spacial score (nSPS) is 9.31. The Hall–Kier alpha value is -1.27. The van der Waals surface area contributed by atoms with Crippen LogP contribution in [0.4, 0.5) is 0 Å². The van der Waals surface area contributed by atoms with Crippen LogP contribution in [0.5, 0.6) is 0 Å². The van der Waals surface area contributed by atoms with E-state index in [1.807, 2.05) is 24.3 Å². The van der Waals surface area contributed by atoms with E-state index in [2.05, 4.69) is 27.8 Å². The topological polar surface area (TPSA) is 37.3 Å². The molecule has 16 heavy (non-hydrogen) atoms. The summed E-state index contributed by atoms with van der Waals surface area (Å²) in [6.45, 7) is 0. The lowest BCUT2D eigenvalue weighted by Gasteiger charge is -2.01. The van der Waals surface area contributed by atoms with Gasteiger partial charge in [-0.15, -0.1) is 0 Å². The first-order valence-electron chi connectivity index (χ1n) is 5.08. The fourth-order valence-electron chi connectivity index (χ4n) is 1.31. The lowest BCUT2D eigenvalue weighted by atomic mass is 10.0. The van der Waals surface area contributed by atoms with Crippen LogP contribution in [0.15, 0.2) is 24.3 Å². The number of carboxylic acids is 1. The summed E-state index contributed by atoms with van der Waals surface area (Å²) < 4.78 is 0. The number of hydrogen-bond donors (Lipinski definition) is 1. The number of aryl methyl sites for hydroxylation is 1. The van der Waals surface area contributed by atoms with Crippen LogP contribution in [0.1, 0.15) is 24.0 Å². The fraction of sp³-hybridized carbons (Fsp3) is 0.308. The second-order valence-electron chi connectivity index (χ2n) is 3.29. The number of halogens is 1. The lowest BCUT2D eigenvalue weighted by Crippen LogP contribution is -1.99. The van der Waals surface area contributed by atoms with E-state index in [0.717, 1.165) is 22.9 Å². The van der Waals surface area contributed by atoms with Crippen molar-refractivity contribution in [1.29, 1.82) is 0 Å². The number of benzene rings is 1. The molecule has 0 aliphatic heterocycles. The highest BCUT2D eigenvalue weighted by molar-refractivity contribution is 9.09. The number of hydrogen-bond acceptors (Lipinski definition) is 1. The molecule has 0 fully saturated rings. The van der Waals surface area contributed by atoms with E-state index >= 15 is 0 Å². The lowest BCUT2D eigenvalue weighted by molar-refractivity contribution is -0.136. The van der Waals surface area contributed by atoms with Gasteiger partial charge in [0.05, 0.1) is 0 Å². The summed E-state index contributed by atoms with van der Waals surface area (Å²) >= 11 is 3.31. The fourth-order valence-corrected chi connectivity index (χ4v) is 1.51. The van der Waals surface area contributed by atoms with Gasteiger partial charge in [-0.05, 0) is 18.1 Å². The molecule has 0 aliphatic rings. The summed E-state index contributed by atoms with van der Waals surface area (Å²) in [6.07, 6.45) is 1.49. The first kappa shape index (κ1) is 12.8. The predicted octanol–water partition coefficient (Wildman–Crippen LogP) is 2.84. The van der Waals surface area contributed by atoms with Gasteiger partial charge in [0.1, 0.15) is 0 Å². The molecule has 84 valence electrons. The van der Waals surface area contributed by atoms with Gasteiger partial charge in [0.15, 0.2) is 0 Å². The number of carbonyl (C=O) groups is 1. The zero-order valence-electron chi connectivity index (χ0n) is 8.87. The van der Waals surface area contributed by atoms with Crippen molar-refractivity contribution in [3.8, 4) is 11.8 Å². The summed E-state index contributed by atoms with van der Waals surface area (Å²) in [5.41, 5.74) is 1.94. The second-order valence-corrected chi connectivity index (χ2v) is 4.08. The Morgan fingerprint density at radius 1 is 1.38 bits per heavy atom. The maximum Gasteiger partial charge on any atom is 0.303 e. The zero-order chi connectivity index (χ0) is 11.8. The van der Waals surface area contributed by atoms with Gasteiger partial charge in [-0.2, -0.15) is 0 Å². The molecule has 1 rings (SSSR count). The first-order chi connectivity index (χ1) is 7.74. The Morgan fingerprint density at radius 3 is 2.81 bits per heavy atom. The van der Waals surface area contributed by atoms with E-state index in [0.29, 0.717) is 6.42 Å². The van der Waals surface area contributed by atoms with Crippen molar-refractivity contribution >= 4 is 21.9 Å². The third-order valence-corrected chi connectivity index (χ3v) is 2.46. The van der Waals surface area contributed by atoms with E-state index < -0.39 is 5.97 Å². The van der Waals surface area contributed by atoms with Gasteiger partial charge in [-0.1, -0.05) is 46.0 Å². The van der Waals surface area contributed by atoms with Crippen LogP contribution in [0.25, 0.3) is 0 Å². The van der Waals surface area contributed by atoms with E-state index in [9.17, 15) is 4.79 Å². The molecule has 0 spiro atoms. The molecule has 0 saturated carbocycles. The van der Waals surface area contributed by atoms with Crippen LogP contribution < -0.4 is 0 Å². The minimum atomic E-state index is -0.775. The SMILES string of the molecule is O=C(O)CCc1ccccc1C#CCCBr. The summed E-state index contributed by atoms with van der Waals surface area (Å²) in [5, 5.41) is 9.50. The smallest absolute Gasteiger partial charge is 0.303 e. The molecule has 0 unspecified atom stereocenters. The van der Waals surface area contributed by atoms with Crippen LogP contribution in [-0.4, -0.2) is 16.4 Å². The summed E-state index contributed by atoms with van der Waals surface area (Å²) in [7, 11) is 0. The molecule has 2 nitrogen and oxygen atoms in total. The molecule has 1 N–H and O–H groups in total. The van der Waals surface area contributed by atoms with Gasteiger partial charge in [0, 0.05) is 23.7 Å². The predicted molar refractivity (Wildman–Crippen MR) is 67.7 cm³/mol. The molecule has 0 aromatic heterocycles. The largest absolute Gasteiger partial charge is 0.481 e. The molecule has 0 radical (unpaired) electrons. The Bertz CT molecular complexity index is 415. The highest BCUT2D eigenvalue weighted by atomic mass is 79.9. The molecular formula is C13H13BrO2. The molecule has 0 atom stereocenters. The van der Waals surface area contributed by atoms with Crippen molar-refractivity contribution < 1.29 is 9.90 Å². The van der Waals surface area contributed by atoms with Gasteiger partial charge in [-0.25, -0.2) is 0 Å².